The van der Waals surface area contributed by atoms with E-state index in [4.69, 9.17) is 14.4 Å². The van der Waals surface area contributed by atoms with Crippen molar-refractivity contribution in [2.24, 2.45) is 0 Å². The summed E-state index contributed by atoms with van der Waals surface area (Å²) in [5.41, 5.74) is 34.0. The number of para-hydroxylation sites is 2. The van der Waals surface area contributed by atoms with E-state index >= 15 is 0 Å². The van der Waals surface area contributed by atoms with Crippen molar-refractivity contribution in [2.75, 3.05) is 0 Å². The van der Waals surface area contributed by atoms with Gasteiger partial charge in [0.1, 0.15) is 22.6 Å². The number of nitrogens with zero attached hydrogens (tertiary/aromatic N) is 3. The number of phenolic OH excluding ortho intramolecular Hbond substituents is 1. The molecule has 1 aliphatic carbocycles. The maximum atomic E-state index is 11.6. The van der Waals surface area contributed by atoms with Crippen LogP contribution in [0.2, 0.25) is 0 Å². The first-order chi connectivity index (χ1) is 44.1. The Hall–Kier alpha value is -10.4. The highest BCUT2D eigenvalue weighted by Crippen LogP contribution is 2.53. The average molecular weight is 1180 g/mol. The molecule has 1 N–H and O–H groups in total. The van der Waals surface area contributed by atoms with E-state index in [0.717, 1.165) is 157 Å². The van der Waals surface area contributed by atoms with E-state index in [1.807, 2.05) is 6.07 Å². The number of aromatic hydroxyl groups is 1. The average Bonchev–Trinajstić information content (AvgIpc) is 1.67. The van der Waals surface area contributed by atoms with Crippen molar-refractivity contribution in [3.8, 4) is 112 Å². The van der Waals surface area contributed by atoms with Crippen LogP contribution in [0.5, 0.6) is 5.75 Å². The number of rotatable bonds is 11. The van der Waals surface area contributed by atoms with Crippen LogP contribution in [-0.4, -0.2) is 19.6 Å². The molecule has 0 fully saturated rings. The number of aryl methyl sites for hydroxylation is 8. The van der Waals surface area contributed by atoms with Gasteiger partial charge in [0.2, 0.25) is 0 Å². The number of imidazole rings is 1. The van der Waals surface area contributed by atoms with E-state index in [1.165, 1.54) is 38.9 Å². The summed E-state index contributed by atoms with van der Waals surface area (Å²) in [7, 11) is 0. The maximum Gasteiger partial charge on any atom is 0.164 e. The van der Waals surface area contributed by atoms with Crippen molar-refractivity contribution < 1.29 is 9.52 Å². The number of hydrogen-bond acceptors (Lipinski definition) is 4. The molecule has 15 rings (SSSR count). The van der Waals surface area contributed by atoms with Gasteiger partial charge >= 0.3 is 0 Å². The van der Waals surface area contributed by atoms with Gasteiger partial charge in [0.05, 0.1) is 22.4 Å². The first-order valence-electron chi connectivity index (χ1n) is 32.2. The molecule has 444 valence electrons. The molecule has 3 heterocycles. The monoisotopic (exact) mass is 1180 g/mol. The number of hydrogen-bond donors (Lipinski definition) is 1. The SMILES string of the molecule is Cc1cc(C)cc(-c2cccc(-c3cc(C)cc(C)c3)c2-c2ccc3c(nc(-c4ccc5c(n4)-c4c(O)cccc4CC5)n3-c3c(C)cccc3C)c2-c2cc(-c3c(-c4ccccc4)cccc3-c3cc(C(C)C)cc(C(C)C)c3)c3c(c2)oc2ccccc23)c1. The van der Waals surface area contributed by atoms with Gasteiger partial charge in [-0.3, -0.25) is 4.57 Å². The Morgan fingerprint density at radius 2 is 0.967 bits per heavy atom. The third kappa shape index (κ3) is 9.95. The highest BCUT2D eigenvalue weighted by atomic mass is 16.3. The lowest BCUT2D eigenvalue weighted by atomic mass is 9.81. The molecule has 11 aromatic carbocycles. The lowest BCUT2D eigenvalue weighted by Gasteiger charge is -2.22. The van der Waals surface area contributed by atoms with Crippen molar-refractivity contribution >= 4 is 33.0 Å². The zero-order valence-electron chi connectivity index (χ0n) is 53.6. The van der Waals surface area contributed by atoms with Gasteiger partial charge in [0.15, 0.2) is 5.82 Å². The summed E-state index contributed by atoms with van der Waals surface area (Å²) in [4.78, 5) is 11.7. The molecule has 3 aromatic heterocycles. The first kappa shape index (κ1) is 57.1. The minimum absolute atomic E-state index is 0.238. The molecular formula is C86H73N3O2. The fraction of sp³-hybridized carbons (Fsp3) is 0.163. The Kier molecular flexibility index (Phi) is 14.2. The molecule has 14 aromatic rings. The van der Waals surface area contributed by atoms with Gasteiger partial charge in [-0.2, -0.15) is 0 Å². The quantitative estimate of drug-likeness (QED) is 0.140. The van der Waals surface area contributed by atoms with Gasteiger partial charge < -0.3 is 9.52 Å². The fourth-order valence-electron chi connectivity index (χ4n) is 14.8. The Morgan fingerprint density at radius 1 is 0.407 bits per heavy atom. The van der Waals surface area contributed by atoms with Crippen LogP contribution in [0.1, 0.15) is 95.2 Å². The maximum absolute atomic E-state index is 11.6. The van der Waals surface area contributed by atoms with Gasteiger partial charge in [-0.1, -0.05) is 232 Å². The molecule has 0 atom stereocenters. The standard InChI is InChI=1S/C86H73N3O2/c1-49(2)60-44-61(50(3)4)46-64(45-60)69-29-18-26-66(57-22-12-11-13-23-57)81(69)72-47-65(48-77-82(72)70-25-14-15-31-76(70)91-77)78-71(80-67(62-40-51(5)38-52(6)41-62)27-19-28-68(80)63-42-53(7)39-54(8)43-63)35-37-74-84(78)88-86(89(74)85-55(9)20-16-21-56(85)10)73-36-34-59-33-32-58-24-17-30-75(90)79(58)83(59)87-73/h11-31,34-50,90H,32-33H2,1-10H3. The van der Waals surface area contributed by atoms with E-state index < -0.39 is 0 Å². The van der Waals surface area contributed by atoms with Crippen LogP contribution in [0.25, 0.3) is 139 Å². The summed E-state index contributed by atoms with van der Waals surface area (Å²) in [5, 5.41) is 13.7. The van der Waals surface area contributed by atoms with Crippen LogP contribution >= 0.6 is 0 Å². The Balaban J connectivity index is 1.14. The summed E-state index contributed by atoms with van der Waals surface area (Å²) >= 11 is 0. The Labute approximate surface area is 534 Å². The summed E-state index contributed by atoms with van der Waals surface area (Å²) in [5.74, 6) is 1.58. The molecule has 0 amide bonds. The third-order valence-electron chi connectivity index (χ3n) is 18.9. The van der Waals surface area contributed by atoms with E-state index in [0.29, 0.717) is 23.4 Å². The van der Waals surface area contributed by atoms with Crippen molar-refractivity contribution in [3.63, 3.8) is 0 Å². The van der Waals surface area contributed by atoms with Crippen LogP contribution < -0.4 is 0 Å². The molecule has 91 heavy (non-hydrogen) atoms. The normalized spacial score (nSPS) is 12.2. The van der Waals surface area contributed by atoms with Gasteiger partial charge in [-0.25, -0.2) is 9.97 Å². The van der Waals surface area contributed by atoms with Crippen molar-refractivity contribution in [2.45, 2.75) is 93.9 Å². The van der Waals surface area contributed by atoms with Crippen LogP contribution in [-0.2, 0) is 12.8 Å². The molecule has 0 radical (unpaired) electrons. The number of phenols is 1. The second-order valence-corrected chi connectivity index (χ2v) is 26.2. The summed E-state index contributed by atoms with van der Waals surface area (Å²) < 4.78 is 9.66. The smallest absolute Gasteiger partial charge is 0.164 e. The lowest BCUT2D eigenvalue weighted by molar-refractivity contribution is 0.476. The lowest BCUT2D eigenvalue weighted by Crippen LogP contribution is -2.08. The predicted octanol–water partition coefficient (Wildman–Crippen LogP) is 23.2. The van der Waals surface area contributed by atoms with Gasteiger partial charge in [0, 0.05) is 21.9 Å². The second-order valence-electron chi connectivity index (χ2n) is 26.2. The van der Waals surface area contributed by atoms with Crippen LogP contribution in [0.15, 0.2) is 223 Å². The number of fused-ring (bicyclic) bond motifs is 7. The van der Waals surface area contributed by atoms with E-state index in [2.05, 4.69) is 280 Å². The molecule has 0 aliphatic heterocycles. The number of pyridine rings is 1. The fourth-order valence-corrected chi connectivity index (χ4v) is 14.8. The van der Waals surface area contributed by atoms with Gasteiger partial charge in [-0.15, -0.1) is 0 Å². The molecule has 1 aliphatic rings. The summed E-state index contributed by atoms with van der Waals surface area (Å²) in [6.45, 7) is 22.4. The third-order valence-corrected chi connectivity index (χ3v) is 18.9. The van der Waals surface area contributed by atoms with Crippen LogP contribution in [0.4, 0.5) is 0 Å². The largest absolute Gasteiger partial charge is 0.507 e. The zero-order valence-corrected chi connectivity index (χ0v) is 53.6. The van der Waals surface area contributed by atoms with E-state index in [1.54, 1.807) is 6.07 Å². The van der Waals surface area contributed by atoms with E-state index in [-0.39, 0.29) is 5.75 Å². The van der Waals surface area contributed by atoms with Crippen molar-refractivity contribution in [1.29, 1.82) is 0 Å². The number of furan rings is 1. The Bertz CT molecular complexity index is 5110. The molecule has 0 saturated carbocycles. The van der Waals surface area contributed by atoms with Crippen LogP contribution in [0.3, 0.4) is 0 Å². The molecule has 5 nitrogen and oxygen atoms in total. The molecule has 0 unspecified atom stereocenters. The summed E-state index contributed by atoms with van der Waals surface area (Å²) in [6.07, 6.45) is 1.66. The summed E-state index contributed by atoms with van der Waals surface area (Å²) in [6, 6.07) is 80.4. The topological polar surface area (TPSA) is 64.1 Å². The first-order valence-corrected chi connectivity index (χ1v) is 32.2. The predicted molar refractivity (Wildman–Crippen MR) is 381 cm³/mol. The molecule has 0 bridgehead atoms. The molecule has 0 spiro atoms. The zero-order chi connectivity index (χ0) is 62.5. The van der Waals surface area contributed by atoms with Gasteiger partial charge in [0.25, 0.3) is 0 Å². The minimum Gasteiger partial charge on any atom is -0.507 e. The van der Waals surface area contributed by atoms with Crippen molar-refractivity contribution in [3.05, 3.63) is 274 Å². The molecule has 0 saturated heterocycles. The van der Waals surface area contributed by atoms with Crippen molar-refractivity contribution in [1.82, 2.24) is 14.5 Å². The minimum atomic E-state index is 0.238. The van der Waals surface area contributed by atoms with Gasteiger partial charge in [-0.05, 0) is 208 Å². The molecular weight excluding hydrogens is 1110 g/mol. The number of benzene rings is 11. The van der Waals surface area contributed by atoms with E-state index in [9.17, 15) is 5.11 Å². The number of aromatic nitrogens is 3. The highest BCUT2D eigenvalue weighted by molar-refractivity contribution is 6.18. The Morgan fingerprint density at radius 3 is 1.60 bits per heavy atom. The van der Waals surface area contributed by atoms with Crippen LogP contribution in [0, 0.1) is 41.5 Å². The molecule has 5 heteroatoms. The second kappa shape index (κ2) is 22.6. The highest BCUT2D eigenvalue weighted by Gasteiger charge is 2.30.